The Morgan fingerprint density at radius 1 is 1.16 bits per heavy atom. The number of hydrogen-bond donors (Lipinski definition) is 1. The Hall–Kier alpha value is -3.14. The van der Waals surface area contributed by atoms with Gasteiger partial charge in [-0.25, -0.2) is 9.18 Å². The number of esters is 1. The zero-order valence-corrected chi connectivity index (χ0v) is 19.0. The second-order valence-corrected chi connectivity index (χ2v) is 8.04. The normalized spacial score (nSPS) is 10.8. The van der Waals surface area contributed by atoms with Crippen molar-refractivity contribution >= 4 is 50.8 Å². The largest absolute Gasteiger partial charge is 0.497 e. The lowest BCUT2D eigenvalue weighted by Gasteiger charge is -2.13. The molecule has 0 aliphatic carbocycles. The zero-order chi connectivity index (χ0) is 22.0. The molecular weight excluding hydrogens is 512 g/mol. The highest BCUT2D eigenvalue weighted by Crippen LogP contribution is 2.35. The Morgan fingerprint density at radius 3 is 2.61 bits per heavy atom. The van der Waals surface area contributed by atoms with Crippen LogP contribution in [0.2, 0.25) is 0 Å². The van der Waals surface area contributed by atoms with Crippen molar-refractivity contribution in [3.8, 4) is 5.75 Å². The number of nitrogens with zero attached hydrogens (tertiary/aromatic N) is 2. The molecule has 0 fully saturated rings. The SMILES string of the molecule is COC(=O)c1c(Nc2ccc(I)cc2F)c2cnccc2n1Cc1ccc(OC)cc1. The molecular formula is C23H19FIN3O3. The Labute approximate surface area is 192 Å². The molecule has 0 amide bonds. The van der Waals surface area contributed by atoms with Crippen molar-refractivity contribution in [2.45, 2.75) is 6.54 Å². The van der Waals surface area contributed by atoms with E-state index in [9.17, 15) is 9.18 Å². The summed E-state index contributed by atoms with van der Waals surface area (Å²) in [4.78, 5) is 17.0. The quantitative estimate of drug-likeness (QED) is 0.268. The second kappa shape index (κ2) is 8.93. The van der Waals surface area contributed by atoms with Gasteiger partial charge in [0, 0.05) is 27.9 Å². The van der Waals surface area contributed by atoms with E-state index < -0.39 is 11.8 Å². The molecule has 0 saturated heterocycles. The lowest BCUT2D eigenvalue weighted by atomic mass is 10.2. The van der Waals surface area contributed by atoms with Crippen LogP contribution in [0.15, 0.2) is 60.9 Å². The molecule has 0 spiro atoms. The molecule has 4 aromatic rings. The number of anilines is 2. The number of hydrogen-bond acceptors (Lipinski definition) is 5. The van der Waals surface area contributed by atoms with Gasteiger partial charge in [-0.1, -0.05) is 12.1 Å². The average molecular weight is 531 g/mol. The topological polar surface area (TPSA) is 65.4 Å². The molecule has 2 aromatic carbocycles. The Kier molecular flexibility index (Phi) is 6.08. The minimum absolute atomic E-state index is 0.262. The van der Waals surface area contributed by atoms with E-state index in [0.717, 1.165) is 20.4 Å². The molecule has 0 bridgehead atoms. The predicted molar refractivity (Wildman–Crippen MR) is 126 cm³/mol. The van der Waals surface area contributed by atoms with Gasteiger partial charge in [0.05, 0.1) is 31.1 Å². The van der Waals surface area contributed by atoms with Crippen LogP contribution in [-0.2, 0) is 11.3 Å². The van der Waals surface area contributed by atoms with Gasteiger partial charge in [0.2, 0.25) is 0 Å². The maximum atomic E-state index is 14.6. The number of rotatable bonds is 6. The highest BCUT2D eigenvalue weighted by Gasteiger charge is 2.25. The summed E-state index contributed by atoms with van der Waals surface area (Å²) in [5, 5.41) is 3.78. The maximum Gasteiger partial charge on any atom is 0.356 e. The summed E-state index contributed by atoms with van der Waals surface area (Å²) in [6, 6.07) is 14.3. The Morgan fingerprint density at radius 2 is 1.94 bits per heavy atom. The number of carbonyl (C=O) groups is 1. The Balaban J connectivity index is 1.87. The molecule has 6 nitrogen and oxygen atoms in total. The summed E-state index contributed by atoms with van der Waals surface area (Å²) in [6.07, 6.45) is 3.31. The van der Waals surface area contributed by atoms with E-state index in [2.05, 4.69) is 10.3 Å². The number of fused-ring (bicyclic) bond motifs is 1. The monoisotopic (exact) mass is 531 g/mol. The van der Waals surface area contributed by atoms with Gasteiger partial charge >= 0.3 is 5.97 Å². The average Bonchev–Trinajstić information content (AvgIpc) is 3.09. The van der Waals surface area contributed by atoms with Crippen LogP contribution in [0.25, 0.3) is 10.9 Å². The van der Waals surface area contributed by atoms with Crippen LogP contribution in [0.1, 0.15) is 16.1 Å². The minimum atomic E-state index is -0.530. The highest BCUT2D eigenvalue weighted by molar-refractivity contribution is 14.1. The number of ether oxygens (including phenoxy) is 2. The van der Waals surface area contributed by atoms with Gasteiger partial charge in [0.25, 0.3) is 0 Å². The van der Waals surface area contributed by atoms with Crippen molar-refractivity contribution in [2.24, 2.45) is 0 Å². The molecule has 4 rings (SSSR count). The van der Waals surface area contributed by atoms with Gasteiger partial charge in [0.1, 0.15) is 11.6 Å². The molecule has 0 unspecified atom stereocenters. The van der Waals surface area contributed by atoms with Crippen molar-refractivity contribution < 1.29 is 18.7 Å². The van der Waals surface area contributed by atoms with Crippen molar-refractivity contribution in [3.63, 3.8) is 0 Å². The third-order valence-corrected chi connectivity index (χ3v) is 5.61. The number of methoxy groups -OCH3 is 2. The van der Waals surface area contributed by atoms with E-state index in [1.165, 1.54) is 13.2 Å². The first-order chi connectivity index (χ1) is 15.0. The van der Waals surface area contributed by atoms with Crippen LogP contribution >= 0.6 is 22.6 Å². The fourth-order valence-electron chi connectivity index (χ4n) is 3.44. The zero-order valence-electron chi connectivity index (χ0n) is 16.9. The number of pyridine rings is 1. The first-order valence-electron chi connectivity index (χ1n) is 9.41. The fraction of sp³-hybridized carbons (Fsp3) is 0.130. The summed E-state index contributed by atoms with van der Waals surface area (Å²) >= 11 is 2.05. The predicted octanol–water partition coefficient (Wildman–Crippen LogP) is 5.37. The van der Waals surface area contributed by atoms with E-state index in [-0.39, 0.29) is 5.69 Å². The first-order valence-corrected chi connectivity index (χ1v) is 10.5. The summed E-state index contributed by atoms with van der Waals surface area (Å²) < 4.78 is 27.5. The van der Waals surface area contributed by atoms with Gasteiger partial charge in [-0.2, -0.15) is 0 Å². The number of nitrogens with one attached hydrogen (secondary N) is 1. The lowest BCUT2D eigenvalue weighted by molar-refractivity contribution is 0.0591. The summed E-state index contributed by atoms with van der Waals surface area (Å²) in [7, 11) is 2.93. The third-order valence-electron chi connectivity index (χ3n) is 4.93. The smallest absolute Gasteiger partial charge is 0.356 e. The summed E-state index contributed by atoms with van der Waals surface area (Å²) in [5.74, 6) is -0.198. The van der Waals surface area contributed by atoms with E-state index >= 15 is 0 Å². The molecule has 31 heavy (non-hydrogen) atoms. The maximum absolute atomic E-state index is 14.6. The molecule has 0 atom stereocenters. The third kappa shape index (κ3) is 4.20. The molecule has 1 N–H and O–H groups in total. The van der Waals surface area contributed by atoms with Crippen LogP contribution in [0.3, 0.4) is 0 Å². The molecule has 0 aliphatic heterocycles. The standard InChI is InChI=1S/C23H19FIN3O3/c1-30-16-6-3-14(4-7-16)13-28-20-9-10-26-12-17(20)21(22(28)23(29)31-2)27-19-8-5-15(25)11-18(19)24/h3-12,27H,13H2,1-2H3. The molecule has 158 valence electrons. The van der Waals surface area contributed by atoms with Gasteiger partial charge in [-0.3, -0.25) is 4.98 Å². The first kappa shape index (κ1) is 21.1. The number of aromatic nitrogens is 2. The highest BCUT2D eigenvalue weighted by atomic mass is 127. The van der Waals surface area contributed by atoms with Crippen molar-refractivity contribution in [1.29, 1.82) is 0 Å². The summed E-state index contributed by atoms with van der Waals surface area (Å²) in [6.45, 7) is 0.409. The van der Waals surface area contributed by atoms with E-state index in [1.54, 1.807) is 31.6 Å². The van der Waals surface area contributed by atoms with Crippen LogP contribution in [0.5, 0.6) is 5.75 Å². The van der Waals surface area contributed by atoms with Crippen molar-refractivity contribution in [2.75, 3.05) is 19.5 Å². The molecule has 8 heteroatoms. The number of halogens is 2. The second-order valence-electron chi connectivity index (χ2n) is 6.79. The van der Waals surface area contributed by atoms with E-state index in [0.29, 0.717) is 23.3 Å². The fourth-order valence-corrected chi connectivity index (χ4v) is 3.89. The molecule has 0 aliphatic rings. The van der Waals surface area contributed by atoms with Crippen LogP contribution in [0.4, 0.5) is 15.8 Å². The van der Waals surface area contributed by atoms with Gasteiger partial charge in [0.15, 0.2) is 5.69 Å². The van der Waals surface area contributed by atoms with Gasteiger partial charge in [-0.15, -0.1) is 0 Å². The summed E-state index contributed by atoms with van der Waals surface area (Å²) in [5.41, 5.74) is 2.74. The minimum Gasteiger partial charge on any atom is -0.497 e. The molecule has 0 radical (unpaired) electrons. The molecule has 2 heterocycles. The van der Waals surface area contributed by atoms with E-state index in [4.69, 9.17) is 9.47 Å². The number of carbonyl (C=O) groups excluding carboxylic acids is 1. The lowest BCUT2D eigenvalue weighted by Crippen LogP contribution is -2.13. The Bertz CT molecular complexity index is 1260. The van der Waals surface area contributed by atoms with Crippen molar-refractivity contribution in [1.82, 2.24) is 9.55 Å². The van der Waals surface area contributed by atoms with Crippen LogP contribution in [-0.4, -0.2) is 29.7 Å². The number of benzene rings is 2. The van der Waals surface area contributed by atoms with Crippen molar-refractivity contribution in [3.05, 3.63) is 81.6 Å². The van der Waals surface area contributed by atoms with E-state index in [1.807, 2.05) is 57.5 Å². The van der Waals surface area contributed by atoms with Gasteiger partial charge in [-0.05, 0) is 64.6 Å². The van der Waals surface area contributed by atoms with Gasteiger partial charge < -0.3 is 19.4 Å². The van der Waals surface area contributed by atoms with Crippen LogP contribution < -0.4 is 10.1 Å². The molecule has 0 saturated carbocycles. The molecule has 2 aromatic heterocycles. The van der Waals surface area contributed by atoms with Crippen LogP contribution in [0, 0.1) is 9.39 Å².